The highest BCUT2D eigenvalue weighted by Crippen LogP contribution is 2.28. The SMILES string of the molecule is CCCCCOC[C@@H]1O[C@H](n2ccc(=O)[nH]c2=O)C(O)C1O. The number of ether oxygens (including phenoxy) is 2. The third-order valence-electron chi connectivity index (χ3n) is 3.64. The lowest BCUT2D eigenvalue weighted by Gasteiger charge is -2.16. The standard InChI is InChI=1S/C14H22N2O6/c1-2-3-4-7-21-8-9-11(18)12(19)13(22-9)16-6-5-10(17)15-14(16)20/h5-6,9,11-13,18-19H,2-4,7-8H2,1H3,(H,15,17,20)/t9-,11?,12?,13-/m0/s1. The molecule has 4 atom stereocenters. The second-order valence-electron chi connectivity index (χ2n) is 5.35. The van der Waals surface area contributed by atoms with Crippen LogP contribution in [0.4, 0.5) is 0 Å². The molecule has 1 aliphatic rings. The maximum atomic E-state index is 11.7. The summed E-state index contributed by atoms with van der Waals surface area (Å²) in [4.78, 5) is 24.9. The summed E-state index contributed by atoms with van der Waals surface area (Å²) in [5.41, 5.74) is -1.24. The molecule has 1 fully saturated rings. The summed E-state index contributed by atoms with van der Waals surface area (Å²) >= 11 is 0. The van der Waals surface area contributed by atoms with E-state index in [0.29, 0.717) is 6.61 Å². The van der Waals surface area contributed by atoms with Crippen molar-refractivity contribution in [2.45, 2.75) is 50.7 Å². The van der Waals surface area contributed by atoms with Gasteiger partial charge in [-0.3, -0.25) is 14.3 Å². The van der Waals surface area contributed by atoms with Crippen LogP contribution in [0, 0.1) is 0 Å². The van der Waals surface area contributed by atoms with Crippen molar-refractivity contribution in [2.75, 3.05) is 13.2 Å². The van der Waals surface area contributed by atoms with E-state index in [4.69, 9.17) is 9.47 Å². The van der Waals surface area contributed by atoms with Crippen LogP contribution in [0.25, 0.3) is 0 Å². The van der Waals surface area contributed by atoms with Crippen molar-refractivity contribution in [1.29, 1.82) is 0 Å². The number of hydrogen-bond acceptors (Lipinski definition) is 6. The van der Waals surface area contributed by atoms with E-state index in [1.54, 1.807) is 0 Å². The summed E-state index contributed by atoms with van der Waals surface area (Å²) in [5, 5.41) is 20.0. The van der Waals surface area contributed by atoms with E-state index in [1.807, 2.05) is 0 Å². The molecule has 1 aromatic rings. The van der Waals surface area contributed by atoms with E-state index >= 15 is 0 Å². The van der Waals surface area contributed by atoms with Crippen LogP contribution in [0.1, 0.15) is 32.4 Å². The maximum absolute atomic E-state index is 11.7. The second-order valence-corrected chi connectivity index (χ2v) is 5.35. The van der Waals surface area contributed by atoms with Gasteiger partial charge in [0, 0.05) is 18.9 Å². The Morgan fingerprint density at radius 3 is 2.77 bits per heavy atom. The van der Waals surface area contributed by atoms with Crippen LogP contribution < -0.4 is 11.2 Å². The number of nitrogens with zero attached hydrogens (tertiary/aromatic N) is 1. The molecule has 0 aliphatic carbocycles. The Hall–Kier alpha value is -1.48. The first-order valence-electron chi connectivity index (χ1n) is 7.45. The van der Waals surface area contributed by atoms with Gasteiger partial charge in [0.25, 0.3) is 5.56 Å². The first-order valence-corrected chi connectivity index (χ1v) is 7.45. The molecule has 1 aromatic heterocycles. The van der Waals surface area contributed by atoms with Gasteiger partial charge < -0.3 is 19.7 Å². The van der Waals surface area contributed by atoms with Gasteiger partial charge in [0.1, 0.15) is 18.3 Å². The van der Waals surface area contributed by atoms with Gasteiger partial charge >= 0.3 is 5.69 Å². The summed E-state index contributed by atoms with van der Waals surface area (Å²) in [6.45, 7) is 2.78. The van der Waals surface area contributed by atoms with Crippen molar-refractivity contribution in [2.24, 2.45) is 0 Å². The quantitative estimate of drug-likeness (QED) is 0.577. The first kappa shape index (κ1) is 16.9. The van der Waals surface area contributed by atoms with Crippen molar-refractivity contribution < 1.29 is 19.7 Å². The van der Waals surface area contributed by atoms with Crippen molar-refractivity contribution in [3.63, 3.8) is 0 Å². The average Bonchev–Trinajstić information content (AvgIpc) is 2.75. The van der Waals surface area contributed by atoms with Gasteiger partial charge in [0.2, 0.25) is 0 Å². The number of hydrogen-bond donors (Lipinski definition) is 3. The smallest absolute Gasteiger partial charge is 0.330 e. The lowest BCUT2D eigenvalue weighted by Crippen LogP contribution is -2.37. The Kier molecular flexibility index (Phi) is 5.90. The zero-order chi connectivity index (χ0) is 16.1. The Labute approximate surface area is 127 Å². The van der Waals surface area contributed by atoms with E-state index in [1.165, 1.54) is 6.20 Å². The van der Waals surface area contributed by atoms with Crippen LogP contribution in [0.15, 0.2) is 21.9 Å². The van der Waals surface area contributed by atoms with Gasteiger partial charge in [0.05, 0.1) is 6.61 Å². The number of aromatic nitrogens is 2. The molecule has 2 unspecified atom stereocenters. The fourth-order valence-electron chi connectivity index (χ4n) is 2.38. The molecule has 2 heterocycles. The predicted molar refractivity (Wildman–Crippen MR) is 77.6 cm³/mol. The zero-order valence-corrected chi connectivity index (χ0v) is 12.5. The molecule has 1 saturated heterocycles. The third kappa shape index (κ3) is 3.83. The molecule has 2 rings (SSSR count). The highest BCUT2D eigenvalue weighted by atomic mass is 16.6. The van der Waals surface area contributed by atoms with Gasteiger partial charge in [-0.1, -0.05) is 19.8 Å². The summed E-state index contributed by atoms with van der Waals surface area (Å²) in [6, 6.07) is 1.15. The van der Waals surface area contributed by atoms with Crippen molar-refractivity contribution in [3.05, 3.63) is 33.1 Å². The Bertz CT molecular complexity index is 583. The highest BCUT2D eigenvalue weighted by Gasteiger charge is 2.44. The Morgan fingerprint density at radius 2 is 2.09 bits per heavy atom. The van der Waals surface area contributed by atoms with E-state index in [9.17, 15) is 19.8 Å². The van der Waals surface area contributed by atoms with Gasteiger partial charge in [0.15, 0.2) is 6.23 Å². The molecule has 0 aromatic carbocycles. The Morgan fingerprint density at radius 1 is 1.32 bits per heavy atom. The normalized spacial score (nSPS) is 28.1. The van der Waals surface area contributed by atoms with Crippen LogP contribution in [0.3, 0.4) is 0 Å². The van der Waals surface area contributed by atoms with Crippen molar-refractivity contribution in [1.82, 2.24) is 9.55 Å². The number of unbranched alkanes of at least 4 members (excludes halogenated alkanes) is 2. The van der Waals surface area contributed by atoms with Crippen LogP contribution in [0.2, 0.25) is 0 Å². The number of aliphatic hydroxyl groups is 2. The summed E-state index contributed by atoms with van der Waals surface area (Å²) in [7, 11) is 0. The molecular formula is C14H22N2O6. The minimum Gasteiger partial charge on any atom is -0.387 e. The van der Waals surface area contributed by atoms with Crippen LogP contribution in [0.5, 0.6) is 0 Å². The number of aliphatic hydroxyl groups excluding tert-OH is 2. The number of rotatable bonds is 7. The first-order chi connectivity index (χ1) is 10.5. The summed E-state index contributed by atoms with van der Waals surface area (Å²) in [6.07, 6.45) is 0.0945. The van der Waals surface area contributed by atoms with E-state index < -0.39 is 35.8 Å². The maximum Gasteiger partial charge on any atom is 0.330 e. The highest BCUT2D eigenvalue weighted by molar-refractivity contribution is 4.93. The molecule has 0 radical (unpaired) electrons. The van der Waals surface area contributed by atoms with E-state index in [0.717, 1.165) is 29.9 Å². The van der Waals surface area contributed by atoms with Crippen LogP contribution in [-0.4, -0.2) is 51.3 Å². The van der Waals surface area contributed by atoms with Gasteiger partial charge in [-0.2, -0.15) is 0 Å². The molecule has 0 amide bonds. The van der Waals surface area contributed by atoms with Crippen LogP contribution >= 0.6 is 0 Å². The molecule has 8 nitrogen and oxygen atoms in total. The predicted octanol–water partition coefficient (Wildman–Crippen LogP) is -0.637. The fraction of sp³-hybridized carbons (Fsp3) is 0.714. The molecule has 0 bridgehead atoms. The van der Waals surface area contributed by atoms with Crippen molar-refractivity contribution in [3.8, 4) is 0 Å². The minimum absolute atomic E-state index is 0.135. The molecule has 8 heteroatoms. The summed E-state index contributed by atoms with van der Waals surface area (Å²) < 4.78 is 12.0. The molecule has 0 saturated carbocycles. The van der Waals surface area contributed by atoms with Gasteiger partial charge in [-0.15, -0.1) is 0 Å². The topological polar surface area (TPSA) is 114 Å². The molecule has 1 aliphatic heterocycles. The average molecular weight is 314 g/mol. The second kappa shape index (κ2) is 7.68. The lowest BCUT2D eigenvalue weighted by molar-refractivity contribution is -0.0686. The molecule has 3 N–H and O–H groups in total. The summed E-state index contributed by atoms with van der Waals surface area (Å²) in [5.74, 6) is 0. The lowest BCUT2D eigenvalue weighted by atomic mass is 10.1. The van der Waals surface area contributed by atoms with Crippen molar-refractivity contribution >= 4 is 0 Å². The molecular weight excluding hydrogens is 292 g/mol. The Balaban J connectivity index is 1.97. The third-order valence-corrected chi connectivity index (χ3v) is 3.64. The van der Waals surface area contributed by atoms with Gasteiger partial charge in [-0.05, 0) is 6.42 Å². The monoisotopic (exact) mass is 314 g/mol. The largest absolute Gasteiger partial charge is 0.387 e. The molecule has 22 heavy (non-hydrogen) atoms. The molecule has 0 spiro atoms. The molecule has 124 valence electrons. The number of H-pyrrole nitrogens is 1. The number of nitrogens with one attached hydrogen (secondary N) is 1. The minimum atomic E-state index is -1.27. The van der Waals surface area contributed by atoms with E-state index in [2.05, 4.69) is 11.9 Å². The zero-order valence-electron chi connectivity index (χ0n) is 12.5. The van der Waals surface area contributed by atoms with E-state index in [-0.39, 0.29) is 6.61 Å². The number of aromatic amines is 1. The van der Waals surface area contributed by atoms with Crippen LogP contribution in [-0.2, 0) is 9.47 Å². The van der Waals surface area contributed by atoms with Gasteiger partial charge in [-0.25, -0.2) is 4.79 Å². The fourth-order valence-corrected chi connectivity index (χ4v) is 2.38.